The summed E-state index contributed by atoms with van der Waals surface area (Å²) in [7, 11) is 0. The van der Waals surface area contributed by atoms with Crippen molar-refractivity contribution in [3.63, 3.8) is 0 Å². The number of nitrogens with two attached hydrogens (primary N) is 1. The van der Waals surface area contributed by atoms with Gasteiger partial charge in [-0.3, -0.25) is 5.73 Å². The van der Waals surface area contributed by atoms with Crippen LogP contribution >= 0.6 is 0 Å². The van der Waals surface area contributed by atoms with Crippen molar-refractivity contribution in [2.24, 2.45) is 5.73 Å². The van der Waals surface area contributed by atoms with Gasteiger partial charge in [0.2, 0.25) is 0 Å². The van der Waals surface area contributed by atoms with Crippen LogP contribution in [-0.2, 0) is 32.6 Å². The van der Waals surface area contributed by atoms with Crippen LogP contribution in [0.4, 0.5) is 11.4 Å². The van der Waals surface area contributed by atoms with Crippen LogP contribution in [0.3, 0.4) is 0 Å². The van der Waals surface area contributed by atoms with Gasteiger partial charge in [0.1, 0.15) is 0 Å². The molecule has 2 aromatic carbocycles. The fourth-order valence-electron chi connectivity index (χ4n) is 3.87. The Morgan fingerprint density at radius 1 is 1.00 bits per heavy atom. The van der Waals surface area contributed by atoms with Crippen LogP contribution in [0.25, 0.3) is 0 Å². The molecule has 2 aromatic rings. The standard InChI is InChI=1S/C20H27N3.Zr/c1-5-17-8-6-7-9-18(17)22-10-11-23(20(22)21)19-15(3)12-14(2)13-16(19)4;/h6-9,12-13,20H,5,10-11,21H2,1-4H3;. The third-order valence-electron chi connectivity index (χ3n) is 4.83. The molecule has 2 N–H and O–H groups in total. The van der Waals surface area contributed by atoms with Gasteiger partial charge in [-0.1, -0.05) is 42.8 Å². The molecule has 1 saturated heterocycles. The number of hydrogen-bond donors (Lipinski definition) is 1. The number of para-hydroxylation sites is 1. The Hall–Kier alpha value is -1.12. The molecule has 24 heavy (non-hydrogen) atoms. The Balaban J connectivity index is 0.00000208. The first kappa shape index (κ1) is 19.2. The van der Waals surface area contributed by atoms with E-state index in [0.717, 1.165) is 19.5 Å². The van der Waals surface area contributed by atoms with E-state index in [1.165, 1.54) is 33.6 Å². The van der Waals surface area contributed by atoms with Gasteiger partial charge in [-0.05, 0) is 49.9 Å². The van der Waals surface area contributed by atoms with Gasteiger partial charge >= 0.3 is 0 Å². The van der Waals surface area contributed by atoms with Gasteiger partial charge in [0.25, 0.3) is 0 Å². The SMILES string of the molecule is CCc1ccccc1N1CCN(c2c(C)cc(C)cc2C)C1N.[Zr]. The van der Waals surface area contributed by atoms with Gasteiger partial charge in [0.15, 0.2) is 6.29 Å². The molecule has 1 aliphatic rings. The molecule has 0 aromatic heterocycles. The van der Waals surface area contributed by atoms with Crippen molar-refractivity contribution >= 4 is 11.4 Å². The molecule has 0 aliphatic carbocycles. The quantitative estimate of drug-likeness (QED) is 0.852. The van der Waals surface area contributed by atoms with Crippen LogP contribution < -0.4 is 15.5 Å². The monoisotopic (exact) mass is 399 g/mol. The summed E-state index contributed by atoms with van der Waals surface area (Å²) in [4.78, 5) is 4.67. The summed E-state index contributed by atoms with van der Waals surface area (Å²) in [5.74, 6) is 0. The fourth-order valence-corrected chi connectivity index (χ4v) is 3.87. The summed E-state index contributed by atoms with van der Waals surface area (Å²) < 4.78 is 0. The van der Waals surface area contributed by atoms with Crippen molar-refractivity contribution in [1.29, 1.82) is 0 Å². The summed E-state index contributed by atoms with van der Waals surface area (Å²) in [5.41, 5.74) is 14.5. The Morgan fingerprint density at radius 3 is 2.21 bits per heavy atom. The maximum absolute atomic E-state index is 6.64. The average Bonchev–Trinajstić information content (AvgIpc) is 2.88. The molecular formula is C20H27N3Zr. The maximum Gasteiger partial charge on any atom is 0.155 e. The van der Waals surface area contributed by atoms with Gasteiger partial charge < -0.3 is 9.80 Å². The number of hydrogen-bond acceptors (Lipinski definition) is 3. The van der Waals surface area contributed by atoms with Gasteiger partial charge in [-0.25, -0.2) is 0 Å². The molecule has 0 saturated carbocycles. The Morgan fingerprint density at radius 2 is 1.58 bits per heavy atom. The molecule has 4 heteroatoms. The fraction of sp³-hybridized carbons (Fsp3) is 0.400. The van der Waals surface area contributed by atoms with Crippen molar-refractivity contribution in [1.82, 2.24) is 0 Å². The van der Waals surface area contributed by atoms with Crippen molar-refractivity contribution in [2.75, 3.05) is 22.9 Å². The average molecular weight is 401 g/mol. The van der Waals surface area contributed by atoms with Gasteiger partial charge in [-0.2, -0.15) is 0 Å². The zero-order chi connectivity index (χ0) is 16.6. The smallest absolute Gasteiger partial charge is 0.155 e. The van der Waals surface area contributed by atoms with Crippen LogP contribution in [0.2, 0.25) is 0 Å². The van der Waals surface area contributed by atoms with E-state index in [2.05, 4.69) is 73.9 Å². The van der Waals surface area contributed by atoms with Crippen LogP contribution in [0.5, 0.6) is 0 Å². The Kier molecular flexibility index (Phi) is 6.28. The molecule has 126 valence electrons. The van der Waals surface area contributed by atoms with E-state index in [0.29, 0.717) is 0 Å². The van der Waals surface area contributed by atoms with E-state index in [1.807, 2.05) is 0 Å². The summed E-state index contributed by atoms with van der Waals surface area (Å²) in [6, 6.07) is 13.1. The Bertz CT molecular complexity index is 691. The molecule has 1 heterocycles. The summed E-state index contributed by atoms with van der Waals surface area (Å²) in [6.07, 6.45) is 0.921. The minimum Gasteiger partial charge on any atom is -0.337 e. The molecule has 0 spiro atoms. The molecule has 0 amide bonds. The number of nitrogens with zero attached hydrogens (tertiary/aromatic N) is 2. The van der Waals surface area contributed by atoms with Gasteiger partial charge in [0.05, 0.1) is 0 Å². The summed E-state index contributed by atoms with van der Waals surface area (Å²) in [5, 5.41) is 0. The third-order valence-corrected chi connectivity index (χ3v) is 4.83. The normalized spacial score (nSPS) is 17.1. The molecule has 0 bridgehead atoms. The second-order valence-corrected chi connectivity index (χ2v) is 6.53. The van der Waals surface area contributed by atoms with Crippen LogP contribution in [0.15, 0.2) is 36.4 Å². The second kappa shape index (κ2) is 7.84. The van der Waals surface area contributed by atoms with E-state index in [1.54, 1.807) is 0 Å². The van der Waals surface area contributed by atoms with E-state index in [4.69, 9.17) is 5.73 Å². The van der Waals surface area contributed by atoms with Crippen LogP contribution in [0, 0.1) is 20.8 Å². The van der Waals surface area contributed by atoms with Crippen molar-refractivity contribution < 1.29 is 26.2 Å². The minimum absolute atomic E-state index is 0. The number of anilines is 2. The zero-order valence-corrected chi connectivity index (χ0v) is 17.6. The first-order valence-electron chi connectivity index (χ1n) is 8.47. The molecule has 0 radical (unpaired) electrons. The van der Waals surface area contributed by atoms with Crippen molar-refractivity contribution in [2.45, 2.75) is 40.4 Å². The number of rotatable bonds is 3. The maximum atomic E-state index is 6.64. The summed E-state index contributed by atoms with van der Waals surface area (Å²) in [6.45, 7) is 10.6. The third kappa shape index (κ3) is 3.45. The Labute approximate surface area is 165 Å². The molecular weight excluding hydrogens is 373 g/mol. The predicted octanol–water partition coefficient (Wildman–Crippen LogP) is 3.74. The first-order valence-corrected chi connectivity index (χ1v) is 8.47. The molecule has 1 unspecified atom stereocenters. The number of benzene rings is 2. The van der Waals surface area contributed by atoms with Crippen LogP contribution in [0.1, 0.15) is 29.2 Å². The van der Waals surface area contributed by atoms with Gasteiger partial charge in [0, 0.05) is 50.7 Å². The second-order valence-electron chi connectivity index (χ2n) is 6.53. The zero-order valence-electron chi connectivity index (χ0n) is 15.1. The summed E-state index contributed by atoms with van der Waals surface area (Å²) >= 11 is 0. The minimum atomic E-state index is -0.109. The molecule has 3 nitrogen and oxygen atoms in total. The first-order chi connectivity index (χ1) is 11.0. The van der Waals surface area contributed by atoms with Crippen molar-refractivity contribution in [3.8, 4) is 0 Å². The molecule has 1 aliphatic heterocycles. The van der Waals surface area contributed by atoms with E-state index in [9.17, 15) is 0 Å². The molecule has 1 fully saturated rings. The number of aryl methyl sites for hydroxylation is 4. The van der Waals surface area contributed by atoms with E-state index in [-0.39, 0.29) is 32.5 Å². The topological polar surface area (TPSA) is 32.5 Å². The molecule has 3 rings (SSSR count). The van der Waals surface area contributed by atoms with Gasteiger partial charge in [-0.15, -0.1) is 0 Å². The largest absolute Gasteiger partial charge is 0.337 e. The predicted molar refractivity (Wildman–Crippen MR) is 99.1 cm³/mol. The molecule has 1 atom stereocenters. The van der Waals surface area contributed by atoms with Crippen molar-refractivity contribution in [3.05, 3.63) is 58.7 Å². The van der Waals surface area contributed by atoms with Crippen LogP contribution in [-0.4, -0.2) is 19.4 Å². The van der Waals surface area contributed by atoms with E-state index < -0.39 is 0 Å². The van der Waals surface area contributed by atoms with E-state index >= 15 is 0 Å².